The first-order valence-corrected chi connectivity index (χ1v) is 6.72. The lowest BCUT2D eigenvalue weighted by atomic mass is 10.1. The third-order valence-electron chi connectivity index (χ3n) is 3.20. The molecule has 1 atom stereocenters. The topological polar surface area (TPSA) is 58.4 Å². The minimum absolute atomic E-state index is 0.0379. The Hall–Kier alpha value is -1.92. The molecule has 0 radical (unpaired) electrons. The van der Waals surface area contributed by atoms with Gasteiger partial charge in [-0.15, -0.1) is 0 Å². The van der Waals surface area contributed by atoms with Crippen molar-refractivity contribution in [2.24, 2.45) is 0 Å². The molecule has 21 heavy (non-hydrogen) atoms. The SMILES string of the molecule is CCN(CC)C(=O)C(C)Nc1ccc(C(F)(F)F)cc1N. The van der Waals surface area contributed by atoms with Crippen molar-refractivity contribution >= 4 is 17.3 Å². The Morgan fingerprint density at radius 3 is 2.33 bits per heavy atom. The van der Waals surface area contributed by atoms with Crippen LogP contribution in [0.25, 0.3) is 0 Å². The number of halogens is 3. The van der Waals surface area contributed by atoms with E-state index < -0.39 is 17.8 Å². The van der Waals surface area contributed by atoms with Crippen LogP contribution in [0.3, 0.4) is 0 Å². The lowest BCUT2D eigenvalue weighted by molar-refractivity contribution is -0.137. The summed E-state index contributed by atoms with van der Waals surface area (Å²) in [6.45, 7) is 6.52. The summed E-state index contributed by atoms with van der Waals surface area (Å²) in [6.07, 6.45) is -4.44. The van der Waals surface area contributed by atoms with Crippen LogP contribution in [0.15, 0.2) is 18.2 Å². The van der Waals surface area contributed by atoms with E-state index in [1.807, 2.05) is 13.8 Å². The molecule has 0 aliphatic rings. The van der Waals surface area contributed by atoms with Gasteiger partial charge in [-0.1, -0.05) is 0 Å². The van der Waals surface area contributed by atoms with Gasteiger partial charge in [-0.05, 0) is 39.0 Å². The maximum atomic E-state index is 12.6. The van der Waals surface area contributed by atoms with Crippen molar-refractivity contribution in [3.8, 4) is 0 Å². The Morgan fingerprint density at radius 2 is 1.90 bits per heavy atom. The maximum absolute atomic E-state index is 12.6. The van der Waals surface area contributed by atoms with E-state index in [1.54, 1.807) is 11.8 Å². The number of likely N-dealkylation sites (N-methyl/N-ethyl adjacent to an activating group) is 1. The van der Waals surface area contributed by atoms with Gasteiger partial charge in [0.15, 0.2) is 0 Å². The molecule has 0 heterocycles. The van der Waals surface area contributed by atoms with E-state index in [0.717, 1.165) is 12.1 Å². The van der Waals surface area contributed by atoms with Crippen LogP contribution in [0.5, 0.6) is 0 Å². The lowest BCUT2D eigenvalue weighted by Crippen LogP contribution is -2.41. The molecule has 3 N–H and O–H groups in total. The summed E-state index contributed by atoms with van der Waals surface area (Å²) < 4.78 is 37.7. The number of nitrogen functional groups attached to an aromatic ring is 1. The molecular weight excluding hydrogens is 283 g/mol. The van der Waals surface area contributed by atoms with Gasteiger partial charge >= 0.3 is 6.18 Å². The summed E-state index contributed by atoms with van der Waals surface area (Å²) in [4.78, 5) is 13.7. The predicted molar refractivity (Wildman–Crippen MR) is 76.9 cm³/mol. The highest BCUT2D eigenvalue weighted by Gasteiger charge is 2.31. The average molecular weight is 303 g/mol. The van der Waals surface area contributed by atoms with Crippen molar-refractivity contribution in [3.05, 3.63) is 23.8 Å². The van der Waals surface area contributed by atoms with Crippen molar-refractivity contribution in [1.29, 1.82) is 0 Å². The highest BCUT2D eigenvalue weighted by atomic mass is 19.4. The Bertz CT molecular complexity index is 499. The van der Waals surface area contributed by atoms with Crippen LogP contribution in [0, 0.1) is 0 Å². The fraction of sp³-hybridized carbons (Fsp3) is 0.500. The first kappa shape index (κ1) is 17.1. The molecule has 0 aliphatic heterocycles. The van der Waals surface area contributed by atoms with Gasteiger partial charge in [-0.3, -0.25) is 4.79 Å². The molecule has 0 aliphatic carbocycles. The van der Waals surface area contributed by atoms with Crippen LogP contribution >= 0.6 is 0 Å². The van der Waals surface area contributed by atoms with Gasteiger partial charge in [-0.25, -0.2) is 0 Å². The third kappa shape index (κ3) is 4.27. The molecule has 1 aromatic rings. The number of nitrogens with one attached hydrogen (secondary N) is 1. The molecule has 1 rings (SSSR count). The number of hydrogen-bond donors (Lipinski definition) is 2. The van der Waals surface area contributed by atoms with Crippen LogP contribution in [-0.4, -0.2) is 29.9 Å². The van der Waals surface area contributed by atoms with Crippen molar-refractivity contribution < 1.29 is 18.0 Å². The van der Waals surface area contributed by atoms with Gasteiger partial charge in [0, 0.05) is 13.1 Å². The monoisotopic (exact) mass is 303 g/mol. The summed E-state index contributed by atoms with van der Waals surface area (Å²) in [7, 11) is 0. The van der Waals surface area contributed by atoms with Crippen molar-refractivity contribution in [2.75, 3.05) is 24.1 Å². The summed E-state index contributed by atoms with van der Waals surface area (Å²) in [6, 6.07) is 2.47. The van der Waals surface area contributed by atoms with E-state index in [1.165, 1.54) is 6.07 Å². The Morgan fingerprint density at radius 1 is 1.33 bits per heavy atom. The Labute approximate surface area is 122 Å². The van der Waals surface area contributed by atoms with Crippen LogP contribution in [-0.2, 0) is 11.0 Å². The predicted octanol–water partition coefficient (Wildman–Crippen LogP) is 2.96. The lowest BCUT2D eigenvalue weighted by Gasteiger charge is -2.24. The number of rotatable bonds is 5. The van der Waals surface area contributed by atoms with E-state index in [2.05, 4.69) is 5.32 Å². The molecule has 4 nitrogen and oxygen atoms in total. The highest BCUT2D eigenvalue weighted by molar-refractivity contribution is 5.85. The molecule has 1 unspecified atom stereocenters. The van der Waals surface area contributed by atoms with Crippen LogP contribution in [0.1, 0.15) is 26.3 Å². The standard InChI is InChI=1S/C14H20F3N3O/c1-4-20(5-2)13(21)9(3)19-12-7-6-10(8-11(12)18)14(15,16)17/h6-9,19H,4-5,18H2,1-3H3. The molecule has 118 valence electrons. The molecule has 1 amide bonds. The molecular formula is C14H20F3N3O. The second-order valence-electron chi connectivity index (χ2n) is 4.68. The van der Waals surface area contributed by atoms with Crippen LogP contribution in [0.2, 0.25) is 0 Å². The van der Waals surface area contributed by atoms with Gasteiger partial charge in [0.05, 0.1) is 16.9 Å². The fourth-order valence-corrected chi connectivity index (χ4v) is 1.97. The van der Waals surface area contributed by atoms with E-state index in [9.17, 15) is 18.0 Å². The second kappa shape index (κ2) is 6.69. The second-order valence-corrected chi connectivity index (χ2v) is 4.68. The van der Waals surface area contributed by atoms with E-state index in [0.29, 0.717) is 18.8 Å². The number of nitrogens with two attached hydrogens (primary N) is 1. The quantitative estimate of drug-likeness (QED) is 0.822. The third-order valence-corrected chi connectivity index (χ3v) is 3.20. The summed E-state index contributed by atoms with van der Waals surface area (Å²) in [5.74, 6) is -0.126. The van der Waals surface area contributed by atoms with Gasteiger partial charge in [-0.2, -0.15) is 13.2 Å². The van der Waals surface area contributed by atoms with Gasteiger partial charge < -0.3 is 16.0 Å². The number of nitrogens with zero attached hydrogens (tertiary/aromatic N) is 1. The molecule has 0 saturated heterocycles. The van der Waals surface area contributed by atoms with Crippen molar-refractivity contribution in [3.63, 3.8) is 0 Å². The fourth-order valence-electron chi connectivity index (χ4n) is 1.97. The normalized spacial score (nSPS) is 12.9. The zero-order chi connectivity index (χ0) is 16.2. The maximum Gasteiger partial charge on any atom is 0.416 e. The summed E-state index contributed by atoms with van der Waals surface area (Å²) in [5, 5.41) is 2.85. The van der Waals surface area contributed by atoms with Gasteiger partial charge in [0.25, 0.3) is 0 Å². The first-order valence-electron chi connectivity index (χ1n) is 6.72. The average Bonchev–Trinajstić information content (AvgIpc) is 2.41. The number of amides is 1. The molecule has 0 bridgehead atoms. The molecule has 0 saturated carbocycles. The minimum atomic E-state index is -4.44. The number of hydrogen-bond acceptors (Lipinski definition) is 3. The number of carbonyl (C=O) groups is 1. The summed E-state index contributed by atoms with van der Waals surface area (Å²) in [5.41, 5.74) is 5.09. The zero-order valence-electron chi connectivity index (χ0n) is 12.3. The number of benzene rings is 1. The smallest absolute Gasteiger partial charge is 0.397 e. The highest BCUT2D eigenvalue weighted by Crippen LogP contribution is 2.33. The van der Waals surface area contributed by atoms with Gasteiger partial charge in [0.1, 0.15) is 6.04 Å². The zero-order valence-corrected chi connectivity index (χ0v) is 12.3. The molecule has 1 aromatic carbocycles. The van der Waals surface area contributed by atoms with E-state index in [4.69, 9.17) is 5.73 Å². The van der Waals surface area contributed by atoms with Gasteiger partial charge in [0.2, 0.25) is 5.91 Å². The van der Waals surface area contributed by atoms with Crippen LogP contribution in [0.4, 0.5) is 24.5 Å². The van der Waals surface area contributed by atoms with E-state index in [-0.39, 0.29) is 11.6 Å². The first-order chi connectivity index (χ1) is 9.70. The van der Waals surface area contributed by atoms with Crippen molar-refractivity contribution in [1.82, 2.24) is 4.90 Å². The van der Waals surface area contributed by atoms with E-state index >= 15 is 0 Å². The van der Waals surface area contributed by atoms with Crippen molar-refractivity contribution in [2.45, 2.75) is 33.0 Å². The number of carbonyl (C=O) groups excluding carboxylic acids is 1. The molecule has 0 aromatic heterocycles. The number of anilines is 2. The molecule has 0 spiro atoms. The largest absolute Gasteiger partial charge is 0.416 e. The Kier molecular flexibility index (Phi) is 5.46. The molecule has 0 fully saturated rings. The number of alkyl halides is 3. The minimum Gasteiger partial charge on any atom is -0.397 e. The summed E-state index contributed by atoms with van der Waals surface area (Å²) >= 11 is 0. The van der Waals surface area contributed by atoms with Crippen LogP contribution < -0.4 is 11.1 Å². The Balaban J connectivity index is 2.86. The molecule has 7 heteroatoms.